The summed E-state index contributed by atoms with van der Waals surface area (Å²) in [6.45, 7) is 0. The zero-order valence-electron chi connectivity index (χ0n) is 11.0. The van der Waals surface area contributed by atoms with Gasteiger partial charge in [0.25, 0.3) is 5.91 Å². The maximum atomic E-state index is 12.0. The average Bonchev–Trinajstić information content (AvgIpc) is 2.47. The molecule has 2 aromatic heterocycles. The van der Waals surface area contributed by atoms with E-state index in [-0.39, 0.29) is 29.1 Å². The third-order valence-corrected chi connectivity index (χ3v) is 2.41. The van der Waals surface area contributed by atoms with Crippen LogP contribution in [0.4, 0.5) is 11.8 Å². The van der Waals surface area contributed by atoms with Crippen molar-refractivity contribution < 1.29 is 14.3 Å². The summed E-state index contributed by atoms with van der Waals surface area (Å²) in [5, 5.41) is 2.51. The number of amides is 1. The summed E-state index contributed by atoms with van der Waals surface area (Å²) in [6.07, 6.45) is 1.50. The molecule has 1 amide bonds. The normalized spacial score (nSPS) is 9.90. The van der Waals surface area contributed by atoms with Gasteiger partial charge in [0.05, 0.1) is 25.8 Å². The highest BCUT2D eigenvalue weighted by molar-refractivity contribution is 6.06. The molecule has 0 aliphatic carbocycles. The van der Waals surface area contributed by atoms with Crippen LogP contribution in [0, 0.1) is 0 Å². The van der Waals surface area contributed by atoms with Crippen molar-refractivity contribution in [1.82, 2.24) is 15.0 Å². The van der Waals surface area contributed by atoms with Crippen molar-refractivity contribution in [2.45, 2.75) is 0 Å². The Morgan fingerprint density at radius 1 is 1.25 bits per heavy atom. The third kappa shape index (κ3) is 2.91. The molecule has 0 spiro atoms. The lowest BCUT2D eigenvalue weighted by atomic mass is 10.2. The second-order valence-corrected chi connectivity index (χ2v) is 3.67. The molecule has 20 heavy (non-hydrogen) atoms. The number of nitrogen functional groups attached to an aromatic ring is 1. The molecule has 8 heteroatoms. The number of hydrogen-bond acceptors (Lipinski definition) is 7. The van der Waals surface area contributed by atoms with Crippen LogP contribution in [0.15, 0.2) is 24.4 Å². The molecule has 0 fully saturated rings. The van der Waals surface area contributed by atoms with Crippen molar-refractivity contribution in [2.75, 3.05) is 25.3 Å². The van der Waals surface area contributed by atoms with Crippen LogP contribution in [-0.4, -0.2) is 35.1 Å². The number of anilines is 2. The lowest BCUT2D eigenvalue weighted by Gasteiger charge is -2.08. The van der Waals surface area contributed by atoms with Gasteiger partial charge in [0, 0.05) is 6.20 Å². The maximum Gasteiger partial charge on any atom is 0.261 e. The molecule has 0 saturated carbocycles. The van der Waals surface area contributed by atoms with Gasteiger partial charge in [-0.25, -0.2) is 4.98 Å². The summed E-state index contributed by atoms with van der Waals surface area (Å²) in [5.41, 5.74) is 5.86. The third-order valence-electron chi connectivity index (χ3n) is 2.41. The van der Waals surface area contributed by atoms with E-state index in [0.29, 0.717) is 0 Å². The molecule has 0 unspecified atom stereocenters. The molecule has 2 heterocycles. The van der Waals surface area contributed by atoms with Crippen molar-refractivity contribution in [3.8, 4) is 11.8 Å². The number of pyridine rings is 1. The van der Waals surface area contributed by atoms with Crippen molar-refractivity contribution in [3.63, 3.8) is 0 Å². The van der Waals surface area contributed by atoms with Crippen molar-refractivity contribution in [1.29, 1.82) is 0 Å². The molecule has 0 saturated heterocycles. The van der Waals surface area contributed by atoms with Crippen LogP contribution in [-0.2, 0) is 0 Å². The largest absolute Gasteiger partial charge is 0.481 e. The molecular weight excluding hydrogens is 262 g/mol. The van der Waals surface area contributed by atoms with E-state index in [2.05, 4.69) is 20.3 Å². The van der Waals surface area contributed by atoms with Crippen LogP contribution in [0.25, 0.3) is 0 Å². The molecule has 2 aromatic rings. The predicted octanol–water partition coefficient (Wildman–Crippen LogP) is 0.723. The molecule has 0 aliphatic rings. The van der Waals surface area contributed by atoms with Crippen LogP contribution in [0.1, 0.15) is 10.4 Å². The Morgan fingerprint density at radius 2 is 1.90 bits per heavy atom. The summed E-state index contributed by atoms with van der Waals surface area (Å²) in [4.78, 5) is 23.9. The first-order valence-electron chi connectivity index (χ1n) is 5.63. The molecule has 0 atom stereocenters. The fourth-order valence-corrected chi connectivity index (χ4v) is 1.45. The number of hydrogen-bond donors (Lipinski definition) is 2. The van der Waals surface area contributed by atoms with E-state index in [0.717, 1.165) is 0 Å². The van der Waals surface area contributed by atoms with Crippen LogP contribution >= 0.6 is 0 Å². The van der Waals surface area contributed by atoms with Crippen molar-refractivity contribution >= 4 is 17.7 Å². The van der Waals surface area contributed by atoms with Gasteiger partial charge >= 0.3 is 0 Å². The van der Waals surface area contributed by atoms with Gasteiger partial charge in [-0.1, -0.05) is 0 Å². The van der Waals surface area contributed by atoms with Crippen LogP contribution < -0.4 is 20.5 Å². The SMILES string of the molecule is COc1cc(OC)nc(NC(=O)c2cccnc2N)n1. The monoisotopic (exact) mass is 275 g/mol. The minimum atomic E-state index is -0.467. The van der Waals surface area contributed by atoms with E-state index >= 15 is 0 Å². The topological polar surface area (TPSA) is 112 Å². The van der Waals surface area contributed by atoms with E-state index in [9.17, 15) is 4.79 Å². The summed E-state index contributed by atoms with van der Waals surface area (Å²) in [7, 11) is 2.90. The highest BCUT2D eigenvalue weighted by Gasteiger charge is 2.13. The summed E-state index contributed by atoms with van der Waals surface area (Å²) in [6, 6.07) is 4.65. The second-order valence-electron chi connectivity index (χ2n) is 3.67. The minimum absolute atomic E-state index is 0.0504. The number of nitrogens with one attached hydrogen (secondary N) is 1. The number of aromatic nitrogens is 3. The zero-order valence-corrected chi connectivity index (χ0v) is 11.0. The number of carbonyl (C=O) groups is 1. The van der Waals surface area contributed by atoms with E-state index < -0.39 is 5.91 Å². The summed E-state index contributed by atoms with van der Waals surface area (Å²) >= 11 is 0. The maximum absolute atomic E-state index is 12.0. The van der Waals surface area contributed by atoms with Gasteiger partial charge in [0.2, 0.25) is 17.7 Å². The van der Waals surface area contributed by atoms with Gasteiger partial charge in [-0.3, -0.25) is 10.1 Å². The standard InChI is InChI=1S/C12H13N5O3/c1-19-8-6-9(20-2)16-12(15-8)17-11(18)7-4-3-5-14-10(7)13/h3-6H,1-2H3,(H2,13,14)(H,15,16,17,18). The lowest BCUT2D eigenvalue weighted by molar-refractivity contribution is 0.102. The van der Waals surface area contributed by atoms with E-state index in [1.54, 1.807) is 12.1 Å². The Kier molecular flexibility index (Phi) is 3.94. The average molecular weight is 275 g/mol. The molecule has 0 bridgehead atoms. The Bertz CT molecular complexity index is 610. The molecule has 0 radical (unpaired) electrons. The van der Waals surface area contributed by atoms with Gasteiger partial charge in [0.1, 0.15) is 5.82 Å². The first-order valence-corrected chi connectivity index (χ1v) is 5.63. The number of carbonyl (C=O) groups excluding carboxylic acids is 1. The Labute approximate surface area is 115 Å². The highest BCUT2D eigenvalue weighted by atomic mass is 16.5. The number of nitrogens with two attached hydrogens (primary N) is 1. The minimum Gasteiger partial charge on any atom is -0.481 e. The molecule has 3 N–H and O–H groups in total. The van der Waals surface area contributed by atoms with E-state index in [4.69, 9.17) is 15.2 Å². The second kappa shape index (κ2) is 5.83. The van der Waals surface area contributed by atoms with Gasteiger partial charge in [-0.2, -0.15) is 9.97 Å². The Hall–Kier alpha value is -2.90. The quantitative estimate of drug-likeness (QED) is 0.845. The number of rotatable bonds is 4. The smallest absolute Gasteiger partial charge is 0.261 e. The Morgan fingerprint density at radius 3 is 2.45 bits per heavy atom. The first-order chi connectivity index (χ1) is 9.63. The van der Waals surface area contributed by atoms with Gasteiger partial charge < -0.3 is 15.2 Å². The van der Waals surface area contributed by atoms with Gasteiger partial charge in [-0.05, 0) is 12.1 Å². The Balaban J connectivity index is 2.26. The van der Waals surface area contributed by atoms with Crippen LogP contribution in [0.5, 0.6) is 11.8 Å². The van der Waals surface area contributed by atoms with E-state index in [1.165, 1.54) is 26.5 Å². The van der Waals surface area contributed by atoms with Crippen molar-refractivity contribution in [3.05, 3.63) is 30.0 Å². The summed E-state index contributed by atoms with van der Waals surface area (Å²) < 4.78 is 9.98. The lowest BCUT2D eigenvalue weighted by Crippen LogP contribution is -2.16. The number of nitrogens with zero attached hydrogens (tertiary/aromatic N) is 3. The molecule has 0 aromatic carbocycles. The summed E-state index contributed by atoms with van der Waals surface area (Å²) in [5.74, 6) is 0.248. The molecule has 104 valence electrons. The predicted molar refractivity (Wildman–Crippen MR) is 71.7 cm³/mol. The van der Waals surface area contributed by atoms with Crippen molar-refractivity contribution in [2.24, 2.45) is 0 Å². The fraction of sp³-hybridized carbons (Fsp3) is 0.167. The zero-order chi connectivity index (χ0) is 14.5. The highest BCUT2D eigenvalue weighted by Crippen LogP contribution is 2.18. The molecular formula is C12H13N5O3. The number of methoxy groups -OCH3 is 2. The number of ether oxygens (including phenoxy) is 2. The van der Waals surface area contributed by atoms with Crippen LogP contribution in [0.3, 0.4) is 0 Å². The molecule has 8 nitrogen and oxygen atoms in total. The van der Waals surface area contributed by atoms with Crippen LogP contribution in [0.2, 0.25) is 0 Å². The fourth-order valence-electron chi connectivity index (χ4n) is 1.45. The first kappa shape index (κ1) is 13.5. The molecule has 0 aliphatic heterocycles. The van der Waals surface area contributed by atoms with Gasteiger partial charge in [-0.15, -0.1) is 0 Å². The van der Waals surface area contributed by atoms with Gasteiger partial charge in [0.15, 0.2) is 0 Å². The molecule has 2 rings (SSSR count). The van der Waals surface area contributed by atoms with E-state index in [1.807, 2.05) is 0 Å².